The number of benzene rings is 1. The minimum Gasteiger partial charge on any atom is -0.352 e. The minimum absolute atomic E-state index is 0.115. The average Bonchev–Trinajstić information content (AvgIpc) is 3.48. The fourth-order valence-corrected chi connectivity index (χ4v) is 4.71. The number of para-hydroxylation sites is 1. The molecule has 1 fully saturated rings. The summed E-state index contributed by atoms with van der Waals surface area (Å²) in [4.78, 5) is 32.5. The molecule has 1 unspecified atom stereocenters. The summed E-state index contributed by atoms with van der Waals surface area (Å²) in [5.41, 5.74) is 4.36. The number of hydrogen-bond donors (Lipinski definition) is 2. The van der Waals surface area contributed by atoms with Gasteiger partial charge < -0.3 is 15.5 Å². The molecule has 160 valence electrons. The summed E-state index contributed by atoms with van der Waals surface area (Å²) in [5, 5.41) is 10.3. The molecule has 8 heteroatoms. The number of carbonyl (C=O) groups excluding carboxylic acids is 2. The van der Waals surface area contributed by atoms with E-state index in [4.69, 9.17) is 0 Å². The Bertz CT molecular complexity index is 1150. The van der Waals surface area contributed by atoms with Gasteiger partial charge in [-0.3, -0.25) is 9.59 Å². The first-order chi connectivity index (χ1) is 15.1. The molecule has 1 aromatic carbocycles. The molecule has 2 aliphatic rings. The molecule has 0 radical (unpaired) electrons. The maximum atomic E-state index is 12.9. The molecular weight excluding hydrogens is 392 g/mol. The molecule has 8 nitrogen and oxygen atoms in total. The van der Waals surface area contributed by atoms with Crippen LogP contribution in [0.2, 0.25) is 0 Å². The highest BCUT2D eigenvalue weighted by molar-refractivity contribution is 6.06. The molecule has 31 heavy (non-hydrogen) atoms. The highest BCUT2D eigenvalue weighted by Gasteiger charge is 2.35. The number of nitrogens with zero attached hydrogens (tertiary/aromatic N) is 4. The third kappa shape index (κ3) is 3.57. The van der Waals surface area contributed by atoms with Gasteiger partial charge in [0.1, 0.15) is 12.2 Å². The summed E-state index contributed by atoms with van der Waals surface area (Å²) in [6.45, 7) is 5.87. The van der Waals surface area contributed by atoms with Crippen LogP contribution in [-0.4, -0.2) is 57.5 Å². The zero-order valence-corrected chi connectivity index (χ0v) is 17.6. The third-order valence-electron chi connectivity index (χ3n) is 6.30. The number of carbonyl (C=O) groups is 2. The van der Waals surface area contributed by atoms with E-state index in [0.29, 0.717) is 23.3 Å². The fraction of sp³-hybridized carbons (Fsp3) is 0.391. The summed E-state index contributed by atoms with van der Waals surface area (Å²) < 4.78 is 1.66. The average molecular weight is 419 g/mol. The third-order valence-corrected chi connectivity index (χ3v) is 6.30. The Balaban J connectivity index is 1.39. The van der Waals surface area contributed by atoms with E-state index >= 15 is 0 Å². The second-order valence-electron chi connectivity index (χ2n) is 8.27. The Kier molecular flexibility index (Phi) is 5.15. The largest absolute Gasteiger partial charge is 0.352 e. The standard InChI is InChI=1S/C23H26N6O2/c1-15-17(22(30)24-9-6-12-28-10-4-5-11-28)13-29-21(15)20(25-14-26-29)19-16-7-2-3-8-18(16)27-23(19)31/h2-3,7-8,13-14,19H,4-6,9-12H2,1H3,(H,24,30)(H,27,31). The van der Waals surface area contributed by atoms with Crippen molar-refractivity contribution in [2.24, 2.45) is 0 Å². The Morgan fingerprint density at radius 2 is 2.06 bits per heavy atom. The molecule has 3 aromatic rings. The summed E-state index contributed by atoms with van der Waals surface area (Å²) in [6, 6.07) is 7.63. The van der Waals surface area contributed by atoms with Crippen molar-refractivity contribution in [3.8, 4) is 0 Å². The molecule has 2 N–H and O–H groups in total. The fourth-order valence-electron chi connectivity index (χ4n) is 4.71. The lowest BCUT2D eigenvalue weighted by Gasteiger charge is -2.14. The Morgan fingerprint density at radius 3 is 2.90 bits per heavy atom. The van der Waals surface area contributed by atoms with Crippen molar-refractivity contribution in [3.63, 3.8) is 0 Å². The zero-order chi connectivity index (χ0) is 21.4. The molecule has 0 aliphatic carbocycles. The van der Waals surface area contributed by atoms with E-state index in [1.165, 1.54) is 19.2 Å². The number of anilines is 1. The van der Waals surface area contributed by atoms with Crippen molar-refractivity contribution in [2.75, 3.05) is 31.5 Å². The van der Waals surface area contributed by atoms with Crippen LogP contribution in [0.3, 0.4) is 0 Å². The Hall–Kier alpha value is -3.26. The van der Waals surface area contributed by atoms with Crippen LogP contribution in [0.1, 0.15) is 52.4 Å². The molecule has 0 saturated carbocycles. The number of aryl methyl sites for hydroxylation is 1. The van der Waals surface area contributed by atoms with Crippen LogP contribution in [-0.2, 0) is 4.79 Å². The lowest BCUT2D eigenvalue weighted by molar-refractivity contribution is -0.116. The molecule has 4 heterocycles. The van der Waals surface area contributed by atoms with E-state index in [0.717, 1.165) is 42.9 Å². The quantitative estimate of drug-likeness (QED) is 0.600. The minimum atomic E-state index is -0.522. The van der Waals surface area contributed by atoms with Gasteiger partial charge in [0.2, 0.25) is 5.91 Å². The van der Waals surface area contributed by atoms with Crippen LogP contribution in [0.4, 0.5) is 5.69 Å². The van der Waals surface area contributed by atoms with Gasteiger partial charge in [0.15, 0.2) is 0 Å². The SMILES string of the molecule is Cc1c(C(=O)NCCCN2CCCC2)cn2ncnc(C3C(=O)Nc4ccccc43)c12. The summed E-state index contributed by atoms with van der Waals surface area (Å²) in [7, 11) is 0. The highest BCUT2D eigenvalue weighted by atomic mass is 16.2. The number of rotatable bonds is 6. The smallest absolute Gasteiger partial charge is 0.253 e. The number of nitrogens with one attached hydrogen (secondary N) is 2. The highest BCUT2D eigenvalue weighted by Crippen LogP contribution is 2.38. The van der Waals surface area contributed by atoms with Crippen molar-refractivity contribution in [1.82, 2.24) is 24.8 Å². The predicted molar refractivity (Wildman–Crippen MR) is 117 cm³/mol. The van der Waals surface area contributed by atoms with Crippen LogP contribution < -0.4 is 10.6 Å². The van der Waals surface area contributed by atoms with Gasteiger partial charge in [-0.15, -0.1) is 0 Å². The monoisotopic (exact) mass is 418 g/mol. The van der Waals surface area contributed by atoms with E-state index in [9.17, 15) is 9.59 Å². The number of hydrogen-bond acceptors (Lipinski definition) is 5. The van der Waals surface area contributed by atoms with Gasteiger partial charge in [0.05, 0.1) is 16.8 Å². The first-order valence-electron chi connectivity index (χ1n) is 10.9. The molecule has 1 atom stereocenters. The second-order valence-corrected chi connectivity index (χ2v) is 8.27. The molecule has 2 amide bonds. The lowest BCUT2D eigenvalue weighted by atomic mass is 9.95. The number of aromatic nitrogens is 3. The van der Waals surface area contributed by atoms with Gasteiger partial charge in [-0.2, -0.15) is 5.10 Å². The lowest BCUT2D eigenvalue weighted by Crippen LogP contribution is -2.28. The maximum absolute atomic E-state index is 12.9. The van der Waals surface area contributed by atoms with E-state index in [1.54, 1.807) is 10.7 Å². The topological polar surface area (TPSA) is 91.6 Å². The van der Waals surface area contributed by atoms with E-state index in [-0.39, 0.29) is 11.8 Å². The molecule has 0 bridgehead atoms. The summed E-state index contributed by atoms with van der Waals surface area (Å²) in [5.74, 6) is -0.756. The predicted octanol–water partition coefficient (Wildman–Crippen LogP) is 2.34. The van der Waals surface area contributed by atoms with Crippen LogP contribution in [0, 0.1) is 6.92 Å². The van der Waals surface area contributed by atoms with E-state index in [2.05, 4.69) is 25.6 Å². The van der Waals surface area contributed by atoms with Crippen molar-refractivity contribution in [2.45, 2.75) is 32.1 Å². The number of likely N-dealkylation sites (tertiary alicyclic amines) is 1. The Labute approximate surface area is 180 Å². The number of fused-ring (bicyclic) bond motifs is 2. The molecular formula is C23H26N6O2. The second kappa shape index (κ2) is 8.11. The van der Waals surface area contributed by atoms with Gasteiger partial charge in [0, 0.05) is 18.4 Å². The molecule has 1 saturated heterocycles. The molecule has 2 aliphatic heterocycles. The van der Waals surface area contributed by atoms with Crippen molar-refractivity contribution in [1.29, 1.82) is 0 Å². The zero-order valence-electron chi connectivity index (χ0n) is 17.6. The van der Waals surface area contributed by atoms with Gasteiger partial charge in [-0.25, -0.2) is 9.50 Å². The molecule has 5 rings (SSSR count). The first-order valence-corrected chi connectivity index (χ1v) is 10.9. The van der Waals surface area contributed by atoms with E-state index < -0.39 is 5.92 Å². The Morgan fingerprint density at radius 1 is 1.26 bits per heavy atom. The first kappa shape index (κ1) is 19.7. The van der Waals surface area contributed by atoms with Crippen LogP contribution in [0.15, 0.2) is 36.8 Å². The van der Waals surface area contributed by atoms with Crippen molar-refractivity contribution >= 4 is 23.0 Å². The van der Waals surface area contributed by atoms with Crippen LogP contribution in [0.25, 0.3) is 5.52 Å². The molecule has 0 spiro atoms. The maximum Gasteiger partial charge on any atom is 0.253 e. The van der Waals surface area contributed by atoms with Crippen molar-refractivity contribution in [3.05, 3.63) is 59.2 Å². The van der Waals surface area contributed by atoms with Crippen LogP contribution in [0.5, 0.6) is 0 Å². The van der Waals surface area contributed by atoms with Gasteiger partial charge >= 0.3 is 0 Å². The summed E-state index contributed by atoms with van der Waals surface area (Å²) in [6.07, 6.45) is 6.64. The summed E-state index contributed by atoms with van der Waals surface area (Å²) >= 11 is 0. The number of amides is 2. The van der Waals surface area contributed by atoms with Gasteiger partial charge in [-0.1, -0.05) is 18.2 Å². The van der Waals surface area contributed by atoms with Crippen LogP contribution >= 0.6 is 0 Å². The normalized spacial score (nSPS) is 18.4. The van der Waals surface area contributed by atoms with Crippen molar-refractivity contribution < 1.29 is 9.59 Å². The van der Waals surface area contributed by atoms with Gasteiger partial charge in [-0.05, 0) is 63.0 Å². The van der Waals surface area contributed by atoms with E-state index in [1.807, 2.05) is 31.2 Å². The molecule has 2 aromatic heterocycles. The van der Waals surface area contributed by atoms with Gasteiger partial charge in [0.25, 0.3) is 5.91 Å².